The quantitative estimate of drug-likeness (QED) is 0.825. The van der Waals surface area contributed by atoms with E-state index in [1.807, 2.05) is 0 Å². The highest BCUT2D eigenvalue weighted by Crippen LogP contribution is 2.16. The number of ether oxygens (including phenoxy) is 3. The number of carbonyl (C=O) groups is 2. The van der Waals surface area contributed by atoms with Crippen molar-refractivity contribution in [2.24, 2.45) is 0 Å². The second kappa shape index (κ2) is 8.01. The van der Waals surface area contributed by atoms with Crippen LogP contribution in [0.1, 0.15) is 17.3 Å². The highest BCUT2D eigenvalue weighted by Gasteiger charge is 2.19. The smallest absolute Gasteiger partial charge is 0.339 e. The third-order valence-electron chi connectivity index (χ3n) is 3.32. The fourth-order valence-corrected chi connectivity index (χ4v) is 1.95. The Morgan fingerprint density at radius 3 is 2.25 bits per heavy atom. The van der Waals surface area contributed by atoms with Crippen LogP contribution in [0.15, 0.2) is 48.5 Å². The van der Waals surface area contributed by atoms with Crippen molar-refractivity contribution in [3.05, 3.63) is 54.1 Å². The number of hydrogen-bond donors (Lipinski definition) is 1. The number of carbonyl (C=O) groups excluding carboxylic acids is 2. The van der Waals surface area contributed by atoms with Crippen LogP contribution in [0.2, 0.25) is 0 Å². The zero-order valence-electron chi connectivity index (χ0n) is 13.7. The van der Waals surface area contributed by atoms with Crippen molar-refractivity contribution in [3.8, 4) is 11.5 Å². The molecule has 1 atom stereocenters. The third kappa shape index (κ3) is 4.49. The van der Waals surface area contributed by atoms with E-state index in [1.165, 1.54) is 14.0 Å². The van der Waals surface area contributed by atoms with Gasteiger partial charge in [-0.15, -0.1) is 0 Å². The predicted octanol–water partition coefficient (Wildman–Crippen LogP) is 2.89. The molecule has 126 valence electrons. The van der Waals surface area contributed by atoms with Crippen LogP contribution in [0.25, 0.3) is 0 Å². The van der Waals surface area contributed by atoms with Gasteiger partial charge >= 0.3 is 5.97 Å². The van der Waals surface area contributed by atoms with Crippen LogP contribution in [0.5, 0.6) is 11.5 Å². The van der Waals surface area contributed by atoms with E-state index in [2.05, 4.69) is 5.32 Å². The Hall–Kier alpha value is -3.02. The van der Waals surface area contributed by atoms with Crippen molar-refractivity contribution in [2.45, 2.75) is 13.0 Å². The number of methoxy groups -OCH3 is 2. The molecule has 0 aliphatic rings. The molecule has 0 saturated carbocycles. The molecule has 24 heavy (non-hydrogen) atoms. The van der Waals surface area contributed by atoms with Gasteiger partial charge in [0.25, 0.3) is 5.91 Å². The van der Waals surface area contributed by atoms with Crippen LogP contribution in [0.4, 0.5) is 5.69 Å². The number of hydrogen-bond acceptors (Lipinski definition) is 5. The van der Waals surface area contributed by atoms with Gasteiger partial charge in [0.05, 0.1) is 19.8 Å². The molecule has 0 spiro atoms. The lowest BCUT2D eigenvalue weighted by molar-refractivity contribution is -0.123. The van der Waals surface area contributed by atoms with Crippen molar-refractivity contribution >= 4 is 17.6 Å². The average molecular weight is 329 g/mol. The molecule has 0 radical (unpaired) electrons. The number of rotatable bonds is 6. The molecule has 1 N–H and O–H groups in total. The molecule has 0 unspecified atom stereocenters. The summed E-state index contributed by atoms with van der Waals surface area (Å²) in [5.74, 6) is 0.216. The molecule has 0 fully saturated rings. The van der Waals surface area contributed by atoms with Crippen LogP contribution >= 0.6 is 0 Å². The first-order chi connectivity index (χ1) is 11.5. The molecule has 0 heterocycles. The molecule has 0 aromatic heterocycles. The summed E-state index contributed by atoms with van der Waals surface area (Å²) >= 11 is 0. The molecule has 0 aliphatic heterocycles. The van der Waals surface area contributed by atoms with Gasteiger partial charge in [-0.3, -0.25) is 4.79 Å². The van der Waals surface area contributed by atoms with Gasteiger partial charge in [-0.1, -0.05) is 6.07 Å². The summed E-state index contributed by atoms with van der Waals surface area (Å²) < 4.78 is 15.3. The number of anilines is 1. The first kappa shape index (κ1) is 17.3. The normalized spacial score (nSPS) is 11.3. The van der Waals surface area contributed by atoms with Crippen molar-refractivity contribution in [2.75, 3.05) is 19.5 Å². The average Bonchev–Trinajstić information content (AvgIpc) is 2.62. The zero-order valence-corrected chi connectivity index (χ0v) is 13.7. The number of nitrogens with one attached hydrogen (secondary N) is 1. The van der Waals surface area contributed by atoms with E-state index < -0.39 is 18.0 Å². The molecule has 0 saturated heterocycles. The highest BCUT2D eigenvalue weighted by atomic mass is 16.5. The Morgan fingerprint density at radius 1 is 0.958 bits per heavy atom. The van der Waals surface area contributed by atoms with Gasteiger partial charge in [0.1, 0.15) is 11.5 Å². The van der Waals surface area contributed by atoms with Crippen molar-refractivity contribution in [1.29, 1.82) is 0 Å². The van der Waals surface area contributed by atoms with Gasteiger partial charge in [-0.2, -0.15) is 0 Å². The lowest BCUT2D eigenvalue weighted by atomic mass is 10.2. The van der Waals surface area contributed by atoms with Gasteiger partial charge in [-0.25, -0.2) is 4.79 Å². The van der Waals surface area contributed by atoms with Gasteiger partial charge in [-0.05, 0) is 49.4 Å². The lowest BCUT2D eigenvalue weighted by Gasteiger charge is -2.14. The van der Waals surface area contributed by atoms with E-state index in [-0.39, 0.29) is 0 Å². The fourth-order valence-electron chi connectivity index (χ4n) is 1.95. The van der Waals surface area contributed by atoms with Crippen LogP contribution in [0, 0.1) is 0 Å². The van der Waals surface area contributed by atoms with E-state index in [0.717, 1.165) is 0 Å². The topological polar surface area (TPSA) is 73.9 Å². The molecule has 0 bridgehead atoms. The summed E-state index contributed by atoms with van der Waals surface area (Å²) in [5, 5.41) is 2.68. The Kier molecular flexibility index (Phi) is 5.78. The molecule has 0 aliphatic carbocycles. The van der Waals surface area contributed by atoms with E-state index >= 15 is 0 Å². The van der Waals surface area contributed by atoms with Crippen LogP contribution < -0.4 is 14.8 Å². The van der Waals surface area contributed by atoms with Crippen molar-refractivity contribution < 1.29 is 23.8 Å². The van der Waals surface area contributed by atoms with E-state index in [1.54, 1.807) is 55.6 Å². The van der Waals surface area contributed by atoms with Gasteiger partial charge < -0.3 is 19.5 Å². The third-order valence-corrected chi connectivity index (χ3v) is 3.32. The standard InChI is InChI=1S/C18H19NO5/c1-12(17(20)19-14-7-9-15(22-2)10-8-14)24-18(21)13-5-4-6-16(11-13)23-3/h4-12H,1-3H3,(H,19,20)/t12-/m0/s1. The van der Waals surface area contributed by atoms with Crippen LogP contribution in [0.3, 0.4) is 0 Å². The largest absolute Gasteiger partial charge is 0.497 e. The Labute approximate surface area is 140 Å². The van der Waals surface area contributed by atoms with Gasteiger partial charge in [0.2, 0.25) is 0 Å². The Morgan fingerprint density at radius 2 is 1.62 bits per heavy atom. The maximum Gasteiger partial charge on any atom is 0.339 e. The number of amides is 1. The monoisotopic (exact) mass is 329 g/mol. The first-order valence-electron chi connectivity index (χ1n) is 7.33. The fraction of sp³-hybridized carbons (Fsp3) is 0.222. The summed E-state index contributed by atoms with van der Waals surface area (Å²) in [4.78, 5) is 24.2. The SMILES string of the molecule is COc1ccc(NC(=O)[C@H](C)OC(=O)c2cccc(OC)c2)cc1. The van der Waals surface area contributed by atoms with E-state index in [4.69, 9.17) is 14.2 Å². The minimum absolute atomic E-state index is 0.318. The summed E-state index contributed by atoms with van der Waals surface area (Å²) in [6.45, 7) is 1.51. The Balaban J connectivity index is 1.95. The van der Waals surface area contributed by atoms with Crippen molar-refractivity contribution in [1.82, 2.24) is 0 Å². The predicted molar refractivity (Wildman–Crippen MR) is 89.5 cm³/mol. The zero-order chi connectivity index (χ0) is 17.5. The number of benzene rings is 2. The first-order valence-corrected chi connectivity index (χ1v) is 7.33. The minimum Gasteiger partial charge on any atom is -0.497 e. The molecule has 6 nitrogen and oxygen atoms in total. The van der Waals surface area contributed by atoms with E-state index in [0.29, 0.717) is 22.7 Å². The maximum absolute atomic E-state index is 12.1. The summed E-state index contributed by atoms with van der Waals surface area (Å²) in [7, 11) is 3.07. The Bertz CT molecular complexity index is 712. The molecular weight excluding hydrogens is 310 g/mol. The van der Waals surface area contributed by atoms with E-state index in [9.17, 15) is 9.59 Å². The van der Waals surface area contributed by atoms with Crippen LogP contribution in [-0.2, 0) is 9.53 Å². The number of esters is 1. The summed E-state index contributed by atoms with van der Waals surface area (Å²) in [6, 6.07) is 13.4. The minimum atomic E-state index is -0.939. The maximum atomic E-state index is 12.1. The second-order valence-corrected chi connectivity index (χ2v) is 5.00. The molecule has 1 amide bonds. The van der Waals surface area contributed by atoms with Gasteiger partial charge in [0.15, 0.2) is 6.10 Å². The molecule has 2 aromatic rings. The second-order valence-electron chi connectivity index (χ2n) is 5.00. The lowest BCUT2D eigenvalue weighted by Crippen LogP contribution is -2.30. The molecule has 2 aromatic carbocycles. The summed E-state index contributed by atoms with van der Waals surface area (Å²) in [6.07, 6.45) is -0.939. The van der Waals surface area contributed by atoms with Gasteiger partial charge in [0, 0.05) is 5.69 Å². The highest BCUT2D eigenvalue weighted by molar-refractivity contribution is 5.97. The van der Waals surface area contributed by atoms with Crippen molar-refractivity contribution in [3.63, 3.8) is 0 Å². The summed E-state index contributed by atoms with van der Waals surface area (Å²) in [5.41, 5.74) is 0.906. The van der Waals surface area contributed by atoms with Crippen LogP contribution in [-0.4, -0.2) is 32.2 Å². The molecule has 6 heteroatoms. The molecular formula is C18H19NO5. The molecule has 2 rings (SSSR count).